The summed E-state index contributed by atoms with van der Waals surface area (Å²) in [5, 5.41) is 24.1. The highest BCUT2D eigenvalue weighted by Gasteiger charge is 2.12. The van der Waals surface area contributed by atoms with Gasteiger partial charge in [0.1, 0.15) is 5.75 Å². The van der Waals surface area contributed by atoms with Crippen LogP contribution in [0.1, 0.15) is 15.9 Å². The predicted molar refractivity (Wildman–Crippen MR) is 80.0 cm³/mol. The molecule has 0 bridgehead atoms. The number of phenolic OH excluding ortho intramolecular Hbond substituents is 1. The summed E-state index contributed by atoms with van der Waals surface area (Å²) >= 11 is 5.80. The van der Waals surface area contributed by atoms with Gasteiger partial charge in [0.05, 0.1) is 5.56 Å². The molecule has 2 aromatic carbocycles. The number of rotatable bonds is 3. The van der Waals surface area contributed by atoms with Gasteiger partial charge in [0.15, 0.2) is 5.84 Å². The molecule has 108 valence electrons. The first-order valence-corrected chi connectivity index (χ1v) is 6.27. The van der Waals surface area contributed by atoms with Crippen LogP contribution in [0, 0.1) is 0 Å². The number of amidine groups is 1. The molecule has 0 saturated carbocycles. The lowest BCUT2D eigenvalue weighted by Crippen LogP contribution is -2.15. The number of hydrogen-bond acceptors (Lipinski definition) is 4. The highest BCUT2D eigenvalue weighted by molar-refractivity contribution is 6.31. The lowest BCUT2D eigenvalue weighted by atomic mass is 10.1. The van der Waals surface area contributed by atoms with Crippen LogP contribution in [-0.2, 0) is 0 Å². The molecule has 0 unspecified atom stereocenters. The molecule has 0 aliphatic rings. The van der Waals surface area contributed by atoms with E-state index in [1.807, 2.05) is 0 Å². The molecule has 5 N–H and O–H groups in total. The molecule has 2 aromatic rings. The van der Waals surface area contributed by atoms with Gasteiger partial charge in [-0.25, -0.2) is 0 Å². The molecule has 21 heavy (non-hydrogen) atoms. The van der Waals surface area contributed by atoms with Crippen LogP contribution in [0.2, 0.25) is 5.02 Å². The fourth-order valence-corrected chi connectivity index (χ4v) is 1.87. The Balaban J connectivity index is 2.26. The third-order valence-corrected chi connectivity index (χ3v) is 2.96. The Labute approximate surface area is 125 Å². The minimum atomic E-state index is -0.522. The van der Waals surface area contributed by atoms with E-state index in [0.29, 0.717) is 16.3 Å². The molecule has 0 saturated heterocycles. The Morgan fingerprint density at radius 1 is 1.24 bits per heavy atom. The number of benzene rings is 2. The lowest BCUT2D eigenvalue weighted by molar-refractivity contribution is 0.102. The van der Waals surface area contributed by atoms with Crippen LogP contribution in [0.4, 0.5) is 5.69 Å². The van der Waals surface area contributed by atoms with Gasteiger partial charge < -0.3 is 21.4 Å². The monoisotopic (exact) mass is 305 g/mol. The normalized spacial score (nSPS) is 11.2. The number of halogens is 1. The van der Waals surface area contributed by atoms with Crippen molar-refractivity contribution in [2.75, 3.05) is 5.32 Å². The van der Waals surface area contributed by atoms with Crippen molar-refractivity contribution in [1.82, 2.24) is 0 Å². The second-order valence-corrected chi connectivity index (χ2v) is 4.62. The van der Waals surface area contributed by atoms with E-state index in [9.17, 15) is 9.90 Å². The average molecular weight is 306 g/mol. The largest absolute Gasteiger partial charge is 0.507 e. The van der Waals surface area contributed by atoms with Gasteiger partial charge in [-0.15, -0.1) is 0 Å². The van der Waals surface area contributed by atoms with E-state index in [-0.39, 0.29) is 17.1 Å². The fraction of sp³-hybridized carbons (Fsp3) is 0. The van der Waals surface area contributed by atoms with Crippen molar-refractivity contribution in [3.8, 4) is 5.75 Å². The summed E-state index contributed by atoms with van der Waals surface area (Å²) in [7, 11) is 0. The van der Waals surface area contributed by atoms with Crippen LogP contribution in [-0.4, -0.2) is 22.1 Å². The van der Waals surface area contributed by atoms with Gasteiger partial charge in [0.25, 0.3) is 5.91 Å². The SMILES string of the molecule is N/C(=N/O)c1cccc(NC(=O)c2cc(Cl)ccc2O)c1. The highest BCUT2D eigenvalue weighted by atomic mass is 35.5. The molecule has 1 amide bonds. The number of anilines is 1. The zero-order chi connectivity index (χ0) is 15.4. The van der Waals surface area contributed by atoms with Gasteiger partial charge in [-0.1, -0.05) is 28.9 Å². The van der Waals surface area contributed by atoms with Gasteiger partial charge in [-0.05, 0) is 30.3 Å². The lowest BCUT2D eigenvalue weighted by Gasteiger charge is -2.08. The number of phenols is 1. The summed E-state index contributed by atoms with van der Waals surface area (Å²) < 4.78 is 0. The van der Waals surface area contributed by atoms with Crippen LogP contribution in [0.15, 0.2) is 47.6 Å². The Bertz CT molecular complexity index is 716. The van der Waals surface area contributed by atoms with Gasteiger partial charge in [-0.2, -0.15) is 0 Å². The minimum Gasteiger partial charge on any atom is -0.507 e. The van der Waals surface area contributed by atoms with Crippen molar-refractivity contribution in [1.29, 1.82) is 0 Å². The zero-order valence-corrected chi connectivity index (χ0v) is 11.5. The summed E-state index contributed by atoms with van der Waals surface area (Å²) in [5.41, 5.74) is 6.41. The van der Waals surface area contributed by atoms with Crippen LogP contribution in [0.5, 0.6) is 5.75 Å². The van der Waals surface area contributed by atoms with E-state index >= 15 is 0 Å². The van der Waals surface area contributed by atoms with Gasteiger partial charge in [0, 0.05) is 16.3 Å². The first kappa shape index (κ1) is 14.7. The molecule has 0 radical (unpaired) electrons. The first-order chi connectivity index (χ1) is 10.0. The predicted octanol–water partition coefficient (Wildman–Crippen LogP) is 2.39. The number of amides is 1. The maximum atomic E-state index is 12.1. The molecular formula is C14H12ClN3O3. The average Bonchev–Trinajstić information content (AvgIpc) is 2.49. The standard InChI is InChI=1S/C14H12ClN3O3/c15-9-4-5-12(19)11(7-9)14(20)17-10-3-1-2-8(6-10)13(16)18-21/h1-7,19,21H,(H2,16,18)(H,17,20). The van der Waals surface area contributed by atoms with Crippen molar-refractivity contribution in [2.24, 2.45) is 10.9 Å². The van der Waals surface area contributed by atoms with E-state index in [2.05, 4.69) is 10.5 Å². The molecule has 2 rings (SSSR count). The van der Waals surface area contributed by atoms with Crippen molar-refractivity contribution in [3.63, 3.8) is 0 Å². The summed E-state index contributed by atoms with van der Waals surface area (Å²) in [5.74, 6) is -0.771. The number of oxime groups is 1. The molecule has 0 aromatic heterocycles. The zero-order valence-electron chi connectivity index (χ0n) is 10.7. The summed E-state index contributed by atoms with van der Waals surface area (Å²) in [6, 6.07) is 10.6. The maximum absolute atomic E-state index is 12.1. The third-order valence-electron chi connectivity index (χ3n) is 2.73. The van der Waals surface area contributed by atoms with Crippen molar-refractivity contribution in [2.45, 2.75) is 0 Å². The van der Waals surface area contributed by atoms with Crippen molar-refractivity contribution in [3.05, 3.63) is 58.6 Å². The molecule has 0 spiro atoms. The number of nitrogens with one attached hydrogen (secondary N) is 1. The Hall–Kier alpha value is -2.73. The third kappa shape index (κ3) is 3.43. The Morgan fingerprint density at radius 2 is 2.00 bits per heavy atom. The van der Waals surface area contributed by atoms with Crippen molar-refractivity contribution < 1.29 is 15.1 Å². The number of hydrogen-bond donors (Lipinski definition) is 4. The Morgan fingerprint density at radius 3 is 2.71 bits per heavy atom. The number of nitrogens with zero attached hydrogens (tertiary/aromatic N) is 1. The number of carbonyl (C=O) groups excluding carboxylic acids is 1. The van der Waals surface area contributed by atoms with Crippen LogP contribution in [0.3, 0.4) is 0 Å². The maximum Gasteiger partial charge on any atom is 0.259 e. The highest BCUT2D eigenvalue weighted by Crippen LogP contribution is 2.22. The molecule has 0 aliphatic heterocycles. The molecule has 0 atom stereocenters. The number of nitrogens with two attached hydrogens (primary N) is 1. The summed E-state index contributed by atoms with van der Waals surface area (Å²) in [6.45, 7) is 0. The van der Waals surface area contributed by atoms with E-state index in [0.717, 1.165) is 0 Å². The first-order valence-electron chi connectivity index (χ1n) is 5.89. The molecule has 7 heteroatoms. The molecular weight excluding hydrogens is 294 g/mol. The summed E-state index contributed by atoms with van der Waals surface area (Å²) in [4.78, 5) is 12.1. The fourth-order valence-electron chi connectivity index (χ4n) is 1.70. The minimum absolute atomic E-state index is 0.0525. The van der Waals surface area contributed by atoms with E-state index in [1.54, 1.807) is 18.2 Å². The van der Waals surface area contributed by atoms with Crippen LogP contribution in [0.25, 0.3) is 0 Å². The van der Waals surface area contributed by atoms with Gasteiger partial charge in [0.2, 0.25) is 0 Å². The van der Waals surface area contributed by atoms with E-state index < -0.39 is 5.91 Å². The topological polar surface area (TPSA) is 108 Å². The van der Waals surface area contributed by atoms with Gasteiger partial charge >= 0.3 is 0 Å². The Kier molecular flexibility index (Phi) is 4.30. The smallest absolute Gasteiger partial charge is 0.259 e. The van der Waals surface area contributed by atoms with E-state index in [1.165, 1.54) is 24.3 Å². The van der Waals surface area contributed by atoms with Gasteiger partial charge in [-0.3, -0.25) is 4.79 Å². The second-order valence-electron chi connectivity index (χ2n) is 4.18. The number of aromatic hydroxyl groups is 1. The quantitative estimate of drug-likeness (QED) is 0.302. The van der Waals surface area contributed by atoms with Crippen LogP contribution < -0.4 is 11.1 Å². The molecule has 0 heterocycles. The molecule has 0 fully saturated rings. The van der Waals surface area contributed by atoms with E-state index in [4.69, 9.17) is 22.5 Å². The van der Waals surface area contributed by atoms with Crippen molar-refractivity contribution >= 4 is 29.0 Å². The van der Waals surface area contributed by atoms with Crippen LogP contribution >= 0.6 is 11.6 Å². The molecule has 0 aliphatic carbocycles. The molecule has 6 nitrogen and oxygen atoms in total. The second kappa shape index (κ2) is 6.15. The number of carbonyl (C=O) groups is 1. The summed E-state index contributed by atoms with van der Waals surface area (Å²) in [6.07, 6.45) is 0.